The van der Waals surface area contributed by atoms with Gasteiger partial charge in [0, 0.05) is 65.6 Å². The predicted octanol–water partition coefficient (Wildman–Crippen LogP) is 21.8. The number of halogens is 2. The number of rotatable bonds is 8. The summed E-state index contributed by atoms with van der Waals surface area (Å²) in [5, 5.41) is 9.28. The number of hydrogen-bond acceptors (Lipinski definition) is 0. The molecule has 0 atom stereocenters. The van der Waals surface area contributed by atoms with Crippen LogP contribution in [-0.2, 0) is 0 Å². The van der Waals surface area contributed by atoms with Gasteiger partial charge in [-0.25, -0.2) is 8.78 Å². The SMILES string of the molecule is Fc1cccc(-c2c(C3CCCCC3)c(-n3c4ccccc4c4ccc5c(c6ccccc6n5-c5ccccc5)c43)c(C3CCCCC3)c(-c3cccc(F)c3)c2-n2c3ccccc3c3ccc4c(c5ccccc5n4-c4ccccc4)c32)c1. The van der Waals surface area contributed by atoms with E-state index in [1.54, 1.807) is 24.3 Å². The third-order valence-electron chi connectivity index (χ3n) is 19.2. The zero-order valence-electron chi connectivity index (χ0n) is 46.7. The van der Waals surface area contributed by atoms with Crippen LogP contribution in [0.15, 0.2) is 231 Å². The molecule has 406 valence electrons. The third-order valence-corrected chi connectivity index (χ3v) is 19.2. The fraction of sp³-hybridized carbons (Fsp3) is 0.154. The van der Waals surface area contributed by atoms with E-state index in [1.165, 1.54) is 38.4 Å². The number of fused-ring (bicyclic) bond motifs is 14. The van der Waals surface area contributed by atoms with E-state index < -0.39 is 0 Å². The fourth-order valence-electron chi connectivity index (χ4n) is 15.9. The fourth-order valence-corrected chi connectivity index (χ4v) is 15.9. The average molecular weight is 1090 g/mol. The van der Waals surface area contributed by atoms with Gasteiger partial charge in [-0.3, -0.25) is 0 Å². The number of benzene rings is 11. The van der Waals surface area contributed by atoms with Gasteiger partial charge in [0.15, 0.2) is 0 Å². The summed E-state index contributed by atoms with van der Waals surface area (Å²) in [5.41, 5.74) is 19.4. The van der Waals surface area contributed by atoms with Gasteiger partial charge in [0.1, 0.15) is 11.6 Å². The van der Waals surface area contributed by atoms with Crippen molar-refractivity contribution in [2.24, 2.45) is 0 Å². The molecule has 0 amide bonds. The van der Waals surface area contributed by atoms with Gasteiger partial charge < -0.3 is 18.3 Å². The molecule has 0 radical (unpaired) electrons. The highest BCUT2D eigenvalue weighted by atomic mass is 19.1. The highest BCUT2D eigenvalue weighted by Gasteiger charge is 2.38. The van der Waals surface area contributed by atoms with E-state index in [-0.39, 0.29) is 23.5 Å². The number of para-hydroxylation sites is 6. The first kappa shape index (κ1) is 49.1. The second-order valence-corrected chi connectivity index (χ2v) is 23.8. The van der Waals surface area contributed by atoms with Crippen molar-refractivity contribution < 1.29 is 8.78 Å². The molecule has 4 nitrogen and oxygen atoms in total. The predicted molar refractivity (Wildman–Crippen MR) is 346 cm³/mol. The van der Waals surface area contributed by atoms with E-state index in [0.717, 1.165) is 169 Å². The molecular formula is C78H60F2N4. The Morgan fingerprint density at radius 1 is 0.286 bits per heavy atom. The monoisotopic (exact) mass is 1090 g/mol. The summed E-state index contributed by atoms with van der Waals surface area (Å²) in [6.45, 7) is 0. The lowest BCUT2D eigenvalue weighted by Crippen LogP contribution is -2.20. The van der Waals surface area contributed by atoms with Gasteiger partial charge in [0.25, 0.3) is 0 Å². The van der Waals surface area contributed by atoms with Gasteiger partial charge in [0.2, 0.25) is 0 Å². The second kappa shape index (κ2) is 19.6. The van der Waals surface area contributed by atoms with E-state index >= 15 is 8.78 Å². The van der Waals surface area contributed by atoms with Crippen molar-refractivity contribution in [1.29, 1.82) is 0 Å². The van der Waals surface area contributed by atoms with Crippen molar-refractivity contribution in [1.82, 2.24) is 18.3 Å². The lowest BCUT2D eigenvalue weighted by atomic mass is 9.72. The van der Waals surface area contributed by atoms with Gasteiger partial charge in [-0.2, -0.15) is 0 Å². The molecule has 4 aromatic heterocycles. The molecule has 11 aromatic carbocycles. The van der Waals surface area contributed by atoms with Gasteiger partial charge in [-0.05, 0) is 145 Å². The molecule has 2 aliphatic rings. The zero-order chi connectivity index (χ0) is 55.6. The maximum Gasteiger partial charge on any atom is 0.123 e. The quantitative estimate of drug-likeness (QED) is 0.145. The van der Waals surface area contributed by atoms with Crippen LogP contribution in [0, 0.1) is 11.6 Å². The molecule has 6 heteroatoms. The molecule has 0 aliphatic heterocycles. The van der Waals surface area contributed by atoms with Crippen LogP contribution in [0.25, 0.3) is 132 Å². The van der Waals surface area contributed by atoms with E-state index in [4.69, 9.17) is 0 Å². The molecule has 0 bridgehead atoms. The first-order chi connectivity index (χ1) is 41.6. The third kappa shape index (κ3) is 7.35. The lowest BCUT2D eigenvalue weighted by molar-refractivity contribution is 0.435. The summed E-state index contributed by atoms with van der Waals surface area (Å²) in [5.74, 6) is -0.380. The summed E-state index contributed by atoms with van der Waals surface area (Å²) in [6.07, 6.45) is 10.6. The summed E-state index contributed by atoms with van der Waals surface area (Å²) in [7, 11) is 0. The van der Waals surface area contributed by atoms with Crippen LogP contribution < -0.4 is 0 Å². The summed E-state index contributed by atoms with van der Waals surface area (Å²) in [6, 6.07) is 81.3. The van der Waals surface area contributed by atoms with Gasteiger partial charge in [0.05, 0.1) is 55.5 Å². The first-order valence-corrected chi connectivity index (χ1v) is 30.4. The maximum atomic E-state index is 17.0. The van der Waals surface area contributed by atoms with Crippen molar-refractivity contribution in [3.63, 3.8) is 0 Å². The normalized spacial score (nSPS) is 14.7. The molecule has 84 heavy (non-hydrogen) atoms. The Balaban J connectivity index is 1.17. The Labute approximate surface area is 486 Å². The first-order valence-electron chi connectivity index (χ1n) is 30.4. The Morgan fingerprint density at radius 2 is 0.655 bits per heavy atom. The van der Waals surface area contributed by atoms with Crippen molar-refractivity contribution in [3.05, 3.63) is 253 Å². The van der Waals surface area contributed by atoms with Crippen LogP contribution >= 0.6 is 0 Å². The average Bonchev–Trinajstić information content (AvgIpc) is 1.48. The van der Waals surface area contributed by atoms with Gasteiger partial charge in [-0.15, -0.1) is 0 Å². The minimum atomic E-state index is -0.291. The molecule has 0 N–H and O–H groups in total. The molecule has 2 aliphatic carbocycles. The number of hydrogen-bond donors (Lipinski definition) is 0. The molecular weight excluding hydrogens is 1030 g/mol. The van der Waals surface area contributed by atoms with Crippen LogP contribution in [0.5, 0.6) is 0 Å². The zero-order valence-corrected chi connectivity index (χ0v) is 46.7. The highest BCUT2D eigenvalue weighted by molar-refractivity contribution is 6.28. The minimum absolute atomic E-state index is 0.101. The van der Waals surface area contributed by atoms with Crippen LogP contribution in [0.2, 0.25) is 0 Å². The van der Waals surface area contributed by atoms with E-state index in [1.807, 2.05) is 12.1 Å². The highest BCUT2D eigenvalue weighted by Crippen LogP contribution is 2.57. The van der Waals surface area contributed by atoms with Crippen LogP contribution in [0.3, 0.4) is 0 Å². The minimum Gasteiger partial charge on any atom is -0.309 e. The van der Waals surface area contributed by atoms with E-state index in [0.29, 0.717) is 0 Å². The molecule has 4 heterocycles. The van der Waals surface area contributed by atoms with E-state index in [2.05, 4.69) is 212 Å². The molecule has 17 rings (SSSR count). The van der Waals surface area contributed by atoms with Crippen molar-refractivity contribution in [3.8, 4) is 45.0 Å². The molecule has 0 unspecified atom stereocenters. The molecule has 15 aromatic rings. The molecule has 2 saturated carbocycles. The molecule has 0 saturated heterocycles. The topological polar surface area (TPSA) is 19.7 Å². The van der Waals surface area contributed by atoms with Gasteiger partial charge in [-0.1, -0.05) is 184 Å². The number of aromatic nitrogens is 4. The van der Waals surface area contributed by atoms with Crippen LogP contribution in [0.4, 0.5) is 8.78 Å². The standard InChI is InChI=1S/C78H60F2N4/c79-53-29-21-27-51(47-53)71-69(49-23-5-1-6-24-49)77(83-63-39-17-13-35-57(63)59-43-45-67-73(75(59)83)61-37-15-19-41-65(61)81(67)55-31-9-3-10-32-55)70(50-25-7-2-8-26-50)72(52-28-22-30-54(80)48-52)78(71)84-64-40-18-14-36-58(64)60-44-46-68-74(76(60)84)62-38-16-20-42-66(62)82(68)56-33-11-4-12-34-56/h3-4,9-22,27-50H,1-2,5-8,23-26H2. The lowest BCUT2D eigenvalue weighted by Gasteiger charge is -2.37. The van der Waals surface area contributed by atoms with Crippen molar-refractivity contribution in [2.75, 3.05) is 0 Å². The Kier molecular flexibility index (Phi) is 11.4. The van der Waals surface area contributed by atoms with E-state index in [9.17, 15) is 0 Å². The molecule has 2 fully saturated rings. The maximum absolute atomic E-state index is 17.0. The van der Waals surface area contributed by atoms with Gasteiger partial charge >= 0.3 is 0 Å². The second-order valence-electron chi connectivity index (χ2n) is 23.8. The van der Waals surface area contributed by atoms with Crippen LogP contribution in [0.1, 0.15) is 87.2 Å². The van der Waals surface area contributed by atoms with Crippen molar-refractivity contribution >= 4 is 87.2 Å². The number of nitrogens with zero attached hydrogens (tertiary/aromatic N) is 4. The summed E-state index contributed by atoms with van der Waals surface area (Å²) in [4.78, 5) is 0. The Bertz CT molecular complexity index is 5030. The summed E-state index contributed by atoms with van der Waals surface area (Å²) < 4.78 is 44.1. The largest absolute Gasteiger partial charge is 0.309 e. The Morgan fingerprint density at radius 3 is 1.07 bits per heavy atom. The van der Waals surface area contributed by atoms with Crippen molar-refractivity contribution in [2.45, 2.75) is 76.0 Å². The smallest absolute Gasteiger partial charge is 0.123 e. The Hall–Kier alpha value is -9.52. The molecule has 0 spiro atoms. The van der Waals surface area contributed by atoms with Crippen LogP contribution in [-0.4, -0.2) is 18.3 Å². The summed E-state index contributed by atoms with van der Waals surface area (Å²) >= 11 is 0.